The van der Waals surface area contributed by atoms with Crippen molar-refractivity contribution in [2.75, 3.05) is 11.5 Å². The Morgan fingerprint density at radius 2 is 1.89 bits per heavy atom. The molecule has 5 rings (SSSR count). The van der Waals surface area contributed by atoms with E-state index in [2.05, 4.69) is 0 Å². The molecular weight excluding hydrogens is 463 g/mol. The number of alkyl halides is 3. The fourth-order valence-corrected chi connectivity index (χ4v) is 4.46. The number of rotatable bonds is 6. The van der Waals surface area contributed by atoms with Crippen molar-refractivity contribution < 1.29 is 37.3 Å². The van der Waals surface area contributed by atoms with E-state index in [9.17, 15) is 22.8 Å². The van der Waals surface area contributed by atoms with Gasteiger partial charge < -0.3 is 19.5 Å². The molecule has 0 bridgehead atoms. The molecule has 0 aromatic heterocycles. The summed E-state index contributed by atoms with van der Waals surface area (Å²) in [7, 11) is 0. The van der Waals surface area contributed by atoms with E-state index in [1.165, 1.54) is 17.0 Å². The summed E-state index contributed by atoms with van der Waals surface area (Å²) in [5.41, 5.74) is 2.48. The monoisotopic (exact) mass is 483 g/mol. The van der Waals surface area contributed by atoms with Crippen LogP contribution in [0.3, 0.4) is 0 Å². The lowest BCUT2D eigenvalue weighted by Gasteiger charge is -2.17. The molecule has 0 radical (unpaired) electrons. The van der Waals surface area contributed by atoms with E-state index in [1.54, 1.807) is 30.3 Å². The van der Waals surface area contributed by atoms with Crippen molar-refractivity contribution in [3.8, 4) is 11.5 Å². The SMILES string of the molecule is O=C(O)C[C@@H]1COc2cc(OCc3cccc4c3CN(c3ccc(C(F)(F)F)cc3)C4=O)ccc21. The first-order valence-electron chi connectivity index (χ1n) is 10.9. The van der Waals surface area contributed by atoms with Gasteiger partial charge >= 0.3 is 12.1 Å². The van der Waals surface area contributed by atoms with Gasteiger partial charge in [0.1, 0.15) is 18.1 Å². The first kappa shape index (κ1) is 22.8. The highest BCUT2D eigenvalue weighted by atomic mass is 19.4. The Kier molecular flexibility index (Phi) is 5.62. The Labute approximate surface area is 198 Å². The average Bonchev–Trinajstić information content (AvgIpc) is 3.37. The van der Waals surface area contributed by atoms with Gasteiger partial charge in [-0.05, 0) is 47.5 Å². The topological polar surface area (TPSA) is 76.1 Å². The van der Waals surface area contributed by atoms with Gasteiger partial charge in [-0.3, -0.25) is 9.59 Å². The number of carbonyl (C=O) groups excluding carboxylic acids is 1. The van der Waals surface area contributed by atoms with Gasteiger partial charge in [0.2, 0.25) is 0 Å². The van der Waals surface area contributed by atoms with Crippen LogP contribution in [0.4, 0.5) is 18.9 Å². The molecule has 0 unspecified atom stereocenters. The maximum Gasteiger partial charge on any atom is 0.416 e. The molecular formula is C26H20F3NO5. The van der Waals surface area contributed by atoms with Crippen LogP contribution in [-0.4, -0.2) is 23.6 Å². The molecule has 9 heteroatoms. The lowest BCUT2D eigenvalue weighted by Crippen LogP contribution is -2.23. The molecule has 0 saturated heterocycles. The molecule has 6 nitrogen and oxygen atoms in total. The van der Waals surface area contributed by atoms with Crippen LogP contribution in [0.2, 0.25) is 0 Å². The second-order valence-electron chi connectivity index (χ2n) is 8.47. The highest BCUT2D eigenvalue weighted by Gasteiger charge is 2.33. The van der Waals surface area contributed by atoms with Crippen LogP contribution in [0.1, 0.15) is 45.0 Å². The minimum absolute atomic E-state index is 0.00713. The Hall–Kier alpha value is -4.01. The number of carboxylic acid groups (broad SMARTS) is 1. The Balaban J connectivity index is 1.31. The van der Waals surface area contributed by atoms with Gasteiger partial charge in [-0.2, -0.15) is 13.2 Å². The standard InChI is InChI=1S/C26H20F3NO5/c27-26(28,29)17-4-6-18(7-5-17)30-12-22-15(2-1-3-21(22)25(30)33)13-34-19-8-9-20-16(10-24(31)32)14-35-23(20)11-19/h1-9,11,16H,10,12-14H2,(H,31,32)/t16-/m1/s1. The number of fused-ring (bicyclic) bond motifs is 2. The van der Waals surface area contributed by atoms with Crippen LogP contribution >= 0.6 is 0 Å². The predicted octanol–water partition coefficient (Wildman–Crippen LogP) is 5.40. The predicted molar refractivity (Wildman–Crippen MR) is 120 cm³/mol. The zero-order valence-corrected chi connectivity index (χ0v) is 18.3. The maximum absolute atomic E-state index is 12.9. The number of nitrogens with zero attached hydrogens (tertiary/aromatic N) is 1. The van der Waals surface area contributed by atoms with Gasteiger partial charge in [0.15, 0.2) is 0 Å². The van der Waals surface area contributed by atoms with Crippen LogP contribution in [0.5, 0.6) is 11.5 Å². The molecule has 2 heterocycles. The highest BCUT2D eigenvalue weighted by molar-refractivity contribution is 6.10. The zero-order valence-electron chi connectivity index (χ0n) is 18.3. The normalized spacial score (nSPS) is 16.6. The van der Waals surface area contributed by atoms with Crippen molar-refractivity contribution in [3.63, 3.8) is 0 Å². The molecule has 180 valence electrons. The largest absolute Gasteiger partial charge is 0.492 e. The molecule has 0 aliphatic carbocycles. The van der Waals surface area contributed by atoms with E-state index in [0.29, 0.717) is 29.4 Å². The summed E-state index contributed by atoms with van der Waals surface area (Å²) in [6, 6.07) is 15.1. The molecule has 3 aromatic rings. The summed E-state index contributed by atoms with van der Waals surface area (Å²) in [5.74, 6) is -0.227. The Bertz CT molecular complexity index is 1300. The lowest BCUT2D eigenvalue weighted by atomic mass is 9.98. The van der Waals surface area contributed by atoms with Gasteiger partial charge in [-0.15, -0.1) is 0 Å². The van der Waals surface area contributed by atoms with Crippen LogP contribution in [0.15, 0.2) is 60.7 Å². The number of amides is 1. The maximum atomic E-state index is 12.9. The molecule has 35 heavy (non-hydrogen) atoms. The molecule has 1 N–H and O–H groups in total. The first-order chi connectivity index (χ1) is 16.7. The Morgan fingerprint density at radius 1 is 1.11 bits per heavy atom. The number of aliphatic carboxylic acids is 1. The highest BCUT2D eigenvalue weighted by Crippen LogP contribution is 2.39. The van der Waals surface area contributed by atoms with E-state index in [4.69, 9.17) is 14.6 Å². The van der Waals surface area contributed by atoms with Crippen LogP contribution in [0, 0.1) is 0 Å². The number of ether oxygens (including phenoxy) is 2. The molecule has 1 amide bonds. The first-order valence-corrected chi connectivity index (χ1v) is 10.9. The summed E-state index contributed by atoms with van der Waals surface area (Å²) >= 11 is 0. The van der Waals surface area contributed by atoms with Crippen molar-refractivity contribution in [1.29, 1.82) is 0 Å². The fraction of sp³-hybridized carbons (Fsp3) is 0.231. The summed E-state index contributed by atoms with van der Waals surface area (Å²) in [5, 5.41) is 9.04. The van der Waals surface area contributed by atoms with E-state index < -0.39 is 17.7 Å². The minimum atomic E-state index is -4.44. The molecule has 0 saturated carbocycles. The molecule has 1 atom stereocenters. The van der Waals surface area contributed by atoms with Crippen molar-refractivity contribution in [2.24, 2.45) is 0 Å². The second-order valence-corrected chi connectivity index (χ2v) is 8.47. The van der Waals surface area contributed by atoms with Crippen LogP contribution < -0.4 is 14.4 Å². The average molecular weight is 483 g/mol. The summed E-state index contributed by atoms with van der Waals surface area (Å²) in [4.78, 5) is 25.4. The number of carbonyl (C=O) groups is 2. The third kappa shape index (κ3) is 4.41. The third-order valence-electron chi connectivity index (χ3n) is 6.25. The van der Waals surface area contributed by atoms with Gasteiger partial charge in [-0.25, -0.2) is 0 Å². The summed E-state index contributed by atoms with van der Waals surface area (Å²) < 4.78 is 50.2. The molecule has 3 aromatic carbocycles. The van der Waals surface area contributed by atoms with Gasteiger partial charge in [0.05, 0.1) is 25.1 Å². The molecule has 2 aliphatic heterocycles. The van der Waals surface area contributed by atoms with Gasteiger partial charge in [0, 0.05) is 28.8 Å². The third-order valence-corrected chi connectivity index (χ3v) is 6.25. The van der Waals surface area contributed by atoms with Crippen molar-refractivity contribution in [1.82, 2.24) is 0 Å². The van der Waals surface area contributed by atoms with Gasteiger partial charge in [-0.1, -0.05) is 18.2 Å². The molecule has 2 aliphatic rings. The number of hydrogen-bond acceptors (Lipinski definition) is 4. The van der Waals surface area contributed by atoms with Crippen molar-refractivity contribution >= 4 is 17.6 Å². The number of benzene rings is 3. The number of carboxylic acids is 1. The van der Waals surface area contributed by atoms with Gasteiger partial charge in [0.25, 0.3) is 5.91 Å². The van der Waals surface area contributed by atoms with E-state index in [0.717, 1.165) is 28.8 Å². The van der Waals surface area contributed by atoms with Crippen molar-refractivity contribution in [2.45, 2.75) is 31.7 Å². The lowest BCUT2D eigenvalue weighted by molar-refractivity contribution is -0.138. The fourth-order valence-electron chi connectivity index (χ4n) is 4.46. The second kappa shape index (κ2) is 8.65. The molecule has 0 fully saturated rings. The molecule has 0 spiro atoms. The van der Waals surface area contributed by atoms with Crippen LogP contribution in [-0.2, 0) is 24.1 Å². The summed E-state index contributed by atoms with van der Waals surface area (Å²) in [6.07, 6.45) is -4.45. The van der Waals surface area contributed by atoms with E-state index in [-0.39, 0.29) is 31.4 Å². The van der Waals surface area contributed by atoms with Crippen LogP contribution in [0.25, 0.3) is 0 Å². The van der Waals surface area contributed by atoms with Crippen molar-refractivity contribution in [3.05, 3.63) is 88.5 Å². The van der Waals surface area contributed by atoms with E-state index >= 15 is 0 Å². The Morgan fingerprint density at radius 3 is 2.60 bits per heavy atom. The number of hydrogen-bond donors (Lipinski definition) is 1. The zero-order chi connectivity index (χ0) is 24.7. The minimum Gasteiger partial charge on any atom is -0.492 e. The van der Waals surface area contributed by atoms with E-state index in [1.807, 2.05) is 6.07 Å². The quantitative estimate of drug-likeness (QED) is 0.509. The number of halogens is 3. The smallest absolute Gasteiger partial charge is 0.416 e. The number of anilines is 1. The summed E-state index contributed by atoms with van der Waals surface area (Å²) in [6.45, 7) is 0.705.